The lowest BCUT2D eigenvalue weighted by Gasteiger charge is -2.59. The highest BCUT2D eigenvalue weighted by Gasteiger charge is 2.51. The van der Waals surface area contributed by atoms with E-state index >= 15 is 0 Å². The fourth-order valence-electron chi connectivity index (χ4n) is 4.76. The standard InChI is InChI=1S/C20H51N7P2/c1-18(2,3)28(19(4,5)6)21-29(25(13)14,26(15)16)27(17)20(22(7)8,23(9)10)24(11)12/h1-17H3. The first-order valence-electron chi connectivity index (χ1n) is 10.3. The second-order valence-electron chi connectivity index (χ2n) is 10.8. The SMILES string of the molecule is CN(C)C(N(C)C)(N(C)C)N(C)P(=NP(C(C)(C)C)C(C)(C)C)(N(C)C)N(C)C. The molecule has 0 spiro atoms. The van der Waals surface area contributed by atoms with Crippen molar-refractivity contribution >= 4 is 15.6 Å². The molecule has 7 nitrogen and oxygen atoms in total. The quantitative estimate of drug-likeness (QED) is 0.405. The third-order valence-electron chi connectivity index (χ3n) is 5.19. The van der Waals surface area contributed by atoms with Crippen LogP contribution in [0.3, 0.4) is 0 Å². The minimum Gasteiger partial charge on any atom is -0.266 e. The summed E-state index contributed by atoms with van der Waals surface area (Å²) in [6, 6.07) is 0. The topological polar surface area (TPSA) is 31.8 Å². The van der Waals surface area contributed by atoms with Gasteiger partial charge in [0.2, 0.25) is 0 Å². The van der Waals surface area contributed by atoms with Crippen LogP contribution in [0.15, 0.2) is 4.52 Å². The fraction of sp³-hybridized carbons (Fsp3) is 1.00. The van der Waals surface area contributed by atoms with Gasteiger partial charge in [-0.2, -0.15) is 0 Å². The lowest BCUT2D eigenvalue weighted by atomic mass is 10.2. The largest absolute Gasteiger partial charge is 0.266 e. The predicted octanol–water partition coefficient (Wildman–Crippen LogP) is 4.28. The Hall–Kier alpha value is 0.420. The Morgan fingerprint density at radius 2 is 0.828 bits per heavy atom. The first kappa shape index (κ1) is 29.4. The summed E-state index contributed by atoms with van der Waals surface area (Å²) in [7, 11) is 20.9. The minimum atomic E-state index is -2.23. The second-order valence-corrected chi connectivity index (χ2v) is 18.1. The molecule has 0 aromatic heterocycles. The smallest absolute Gasteiger partial charge is 0.196 e. The van der Waals surface area contributed by atoms with Gasteiger partial charge in [0, 0.05) is 18.4 Å². The van der Waals surface area contributed by atoms with Gasteiger partial charge in [-0.1, -0.05) is 41.5 Å². The predicted molar refractivity (Wildman–Crippen MR) is 135 cm³/mol. The van der Waals surface area contributed by atoms with Gasteiger partial charge in [-0.15, -0.1) is 0 Å². The van der Waals surface area contributed by atoms with Crippen molar-refractivity contribution in [3.05, 3.63) is 0 Å². The Kier molecular flexibility index (Phi) is 10.1. The third kappa shape index (κ3) is 5.62. The minimum absolute atomic E-state index is 0.114. The van der Waals surface area contributed by atoms with Crippen molar-refractivity contribution in [1.82, 2.24) is 28.7 Å². The van der Waals surface area contributed by atoms with Crippen LogP contribution in [0.25, 0.3) is 0 Å². The summed E-state index contributed by atoms with van der Waals surface area (Å²) < 4.78 is 13.0. The van der Waals surface area contributed by atoms with Gasteiger partial charge in [0.25, 0.3) is 0 Å². The summed E-state index contributed by atoms with van der Waals surface area (Å²) in [5, 5.41) is 0.228. The molecule has 0 atom stereocenters. The first-order valence-corrected chi connectivity index (χ1v) is 13.2. The Morgan fingerprint density at radius 3 is 1.00 bits per heavy atom. The molecule has 0 amide bonds. The monoisotopic (exact) mass is 451 g/mol. The first-order chi connectivity index (χ1) is 12.7. The van der Waals surface area contributed by atoms with Crippen LogP contribution < -0.4 is 0 Å². The second kappa shape index (κ2) is 9.92. The molecule has 0 rings (SSSR count). The van der Waals surface area contributed by atoms with Crippen LogP contribution in [0.2, 0.25) is 0 Å². The highest BCUT2D eigenvalue weighted by molar-refractivity contribution is 7.70. The van der Waals surface area contributed by atoms with Gasteiger partial charge >= 0.3 is 0 Å². The molecule has 0 aromatic carbocycles. The number of hydrogen-bond acceptors (Lipinski definition) is 4. The van der Waals surface area contributed by atoms with Crippen molar-refractivity contribution in [3.63, 3.8) is 0 Å². The summed E-state index contributed by atoms with van der Waals surface area (Å²) in [5.74, 6) is -0.442. The highest BCUT2D eigenvalue weighted by atomic mass is 31.2. The van der Waals surface area contributed by atoms with Crippen molar-refractivity contribution in [1.29, 1.82) is 0 Å². The molecule has 0 aliphatic carbocycles. The van der Waals surface area contributed by atoms with Crippen LogP contribution in [0, 0.1) is 0 Å². The maximum Gasteiger partial charge on any atom is 0.196 e. The van der Waals surface area contributed by atoms with Crippen molar-refractivity contribution in [2.24, 2.45) is 4.52 Å². The normalized spacial score (nSPS) is 15.2. The molecule has 0 radical (unpaired) electrons. The van der Waals surface area contributed by atoms with Gasteiger partial charge in [0.15, 0.2) is 13.4 Å². The van der Waals surface area contributed by atoms with E-state index in [0.29, 0.717) is 0 Å². The molecular formula is C20H51N7P2. The molecule has 0 heterocycles. The van der Waals surface area contributed by atoms with E-state index in [9.17, 15) is 0 Å². The van der Waals surface area contributed by atoms with Crippen LogP contribution in [-0.4, -0.2) is 122 Å². The number of nitrogens with zero attached hydrogens (tertiary/aromatic N) is 7. The molecule has 0 saturated carbocycles. The van der Waals surface area contributed by atoms with Crippen molar-refractivity contribution < 1.29 is 0 Å². The van der Waals surface area contributed by atoms with E-state index in [1.165, 1.54) is 0 Å². The fourth-order valence-corrected chi connectivity index (χ4v) is 14.3. The van der Waals surface area contributed by atoms with E-state index < -0.39 is 21.5 Å². The molecule has 29 heavy (non-hydrogen) atoms. The maximum absolute atomic E-state index is 5.84. The molecule has 0 unspecified atom stereocenters. The molecule has 9 heteroatoms. The molecule has 176 valence electrons. The van der Waals surface area contributed by atoms with Gasteiger partial charge in [-0.3, -0.25) is 24.0 Å². The Balaban J connectivity index is 7.38. The molecule has 0 fully saturated rings. The zero-order valence-electron chi connectivity index (χ0n) is 22.5. The van der Waals surface area contributed by atoms with Crippen LogP contribution in [0.5, 0.6) is 0 Å². The van der Waals surface area contributed by atoms with Gasteiger partial charge in [0.05, 0.1) is 0 Å². The Labute approximate surface area is 184 Å². The molecule has 0 aliphatic heterocycles. The maximum atomic E-state index is 5.84. The lowest BCUT2D eigenvalue weighted by molar-refractivity contribution is -0.179. The van der Waals surface area contributed by atoms with Crippen molar-refractivity contribution in [2.75, 3.05) is 77.5 Å². The van der Waals surface area contributed by atoms with E-state index in [2.05, 4.69) is 148 Å². The van der Waals surface area contributed by atoms with Crippen molar-refractivity contribution in [2.45, 2.75) is 57.8 Å². The van der Waals surface area contributed by atoms with E-state index in [-0.39, 0.29) is 10.3 Å². The highest BCUT2D eigenvalue weighted by Crippen LogP contribution is 2.71. The van der Waals surface area contributed by atoms with Crippen LogP contribution in [0.4, 0.5) is 0 Å². The summed E-state index contributed by atoms with van der Waals surface area (Å²) in [4.78, 5) is 6.84. The molecule has 0 N–H and O–H groups in total. The van der Waals surface area contributed by atoms with E-state index in [4.69, 9.17) is 4.52 Å². The number of rotatable bonds is 8. The third-order valence-corrected chi connectivity index (χ3v) is 12.6. The lowest BCUT2D eigenvalue weighted by Crippen LogP contribution is -2.72. The summed E-state index contributed by atoms with van der Waals surface area (Å²) >= 11 is 0. The van der Waals surface area contributed by atoms with Gasteiger partial charge in [0.1, 0.15) is 0 Å². The zero-order chi connectivity index (χ0) is 23.7. The van der Waals surface area contributed by atoms with Gasteiger partial charge in [-0.25, -0.2) is 9.19 Å². The molecule has 0 saturated heterocycles. The number of hydrogen-bond donors (Lipinski definition) is 0. The molecule has 0 aromatic rings. The average molecular weight is 452 g/mol. The zero-order valence-corrected chi connectivity index (χ0v) is 24.3. The van der Waals surface area contributed by atoms with Crippen LogP contribution in [0.1, 0.15) is 41.5 Å². The summed E-state index contributed by atoms with van der Waals surface area (Å²) in [6.07, 6.45) is 0. The van der Waals surface area contributed by atoms with Crippen LogP contribution >= 0.6 is 15.6 Å². The van der Waals surface area contributed by atoms with Crippen molar-refractivity contribution in [3.8, 4) is 0 Å². The summed E-state index contributed by atoms with van der Waals surface area (Å²) in [6.45, 7) is 14.0. The molecule has 0 bridgehead atoms. The Morgan fingerprint density at radius 1 is 0.552 bits per heavy atom. The van der Waals surface area contributed by atoms with Gasteiger partial charge in [-0.05, 0) is 77.5 Å². The summed E-state index contributed by atoms with van der Waals surface area (Å²) in [5.41, 5.74) is 0. The van der Waals surface area contributed by atoms with E-state index in [1.807, 2.05) is 0 Å². The Bertz CT molecular complexity index is 525. The molecule has 0 aliphatic rings. The van der Waals surface area contributed by atoms with Gasteiger partial charge < -0.3 is 0 Å². The van der Waals surface area contributed by atoms with E-state index in [1.54, 1.807) is 0 Å². The average Bonchev–Trinajstić information content (AvgIpc) is 2.43. The molecular weight excluding hydrogens is 400 g/mol. The van der Waals surface area contributed by atoms with Crippen LogP contribution in [-0.2, 0) is 0 Å². The van der Waals surface area contributed by atoms with E-state index in [0.717, 1.165) is 0 Å².